The van der Waals surface area contributed by atoms with Crippen molar-refractivity contribution in [1.82, 2.24) is 0 Å². The van der Waals surface area contributed by atoms with Gasteiger partial charge in [0.25, 0.3) is 0 Å². The van der Waals surface area contributed by atoms with E-state index in [1.807, 2.05) is 0 Å². The first-order valence-corrected chi connectivity index (χ1v) is 10.2. The Kier molecular flexibility index (Phi) is 5.82. The molecule has 0 atom stereocenters. The molecule has 2 rings (SSSR count). The van der Waals surface area contributed by atoms with Gasteiger partial charge in [0, 0.05) is 4.47 Å². The molecule has 0 amide bonds. The molecule has 2 aromatic rings. The molecule has 21 heavy (non-hydrogen) atoms. The Hall–Kier alpha value is 0.400. The Morgan fingerprint density at radius 3 is 1.95 bits per heavy atom. The highest BCUT2D eigenvalue weighted by Gasteiger charge is 2.25. The van der Waals surface area contributed by atoms with E-state index in [0.29, 0.717) is 17.9 Å². The Labute approximate surface area is 160 Å². The highest BCUT2D eigenvalue weighted by Crippen LogP contribution is 2.49. The number of rotatable bonds is 3. The summed E-state index contributed by atoms with van der Waals surface area (Å²) in [7, 11) is -3.98. The summed E-state index contributed by atoms with van der Waals surface area (Å²) in [6.45, 7) is 0. The molecule has 0 heterocycles. The van der Waals surface area contributed by atoms with Gasteiger partial charge in [-0.2, -0.15) is 8.42 Å². The van der Waals surface area contributed by atoms with Gasteiger partial charge in [-0.3, -0.25) is 0 Å². The van der Waals surface area contributed by atoms with E-state index in [2.05, 4.69) is 63.7 Å². The SMILES string of the molecule is O=S(=O)(Oc1c(Cl)c(Br)c(Br)c(Br)c1Br)c1ccccc1. The largest absolute Gasteiger partial charge is 0.376 e. The van der Waals surface area contributed by atoms with Crippen LogP contribution in [0.3, 0.4) is 0 Å². The van der Waals surface area contributed by atoms with Crippen LogP contribution in [-0.2, 0) is 10.1 Å². The fraction of sp³-hybridized carbons (Fsp3) is 0. The van der Waals surface area contributed by atoms with Crippen LogP contribution in [0.5, 0.6) is 5.75 Å². The van der Waals surface area contributed by atoms with Crippen molar-refractivity contribution in [3.8, 4) is 5.75 Å². The van der Waals surface area contributed by atoms with E-state index in [0.717, 1.165) is 0 Å². The maximum absolute atomic E-state index is 12.3. The summed E-state index contributed by atoms with van der Waals surface area (Å²) in [6, 6.07) is 7.83. The maximum Gasteiger partial charge on any atom is 0.339 e. The quantitative estimate of drug-likeness (QED) is 0.247. The molecular formula is C12H5Br4ClO3S. The second-order valence-electron chi connectivity index (χ2n) is 3.75. The molecule has 0 N–H and O–H groups in total. The molecule has 0 aliphatic rings. The van der Waals surface area contributed by atoms with Gasteiger partial charge < -0.3 is 4.18 Å². The first-order chi connectivity index (χ1) is 9.75. The summed E-state index contributed by atoms with van der Waals surface area (Å²) in [6.07, 6.45) is 0. The molecular weight excluding hydrogens is 579 g/mol. The molecule has 0 fully saturated rings. The van der Waals surface area contributed by atoms with Crippen LogP contribution < -0.4 is 4.18 Å². The number of hydrogen-bond acceptors (Lipinski definition) is 3. The molecule has 0 unspecified atom stereocenters. The van der Waals surface area contributed by atoms with Crippen molar-refractivity contribution in [3.05, 3.63) is 53.2 Å². The molecule has 0 aliphatic carbocycles. The van der Waals surface area contributed by atoms with Gasteiger partial charge in [-0.25, -0.2) is 0 Å². The summed E-state index contributed by atoms with van der Waals surface area (Å²) >= 11 is 19.3. The average Bonchev–Trinajstić information content (AvgIpc) is 2.48. The van der Waals surface area contributed by atoms with Crippen LogP contribution in [0.4, 0.5) is 0 Å². The monoisotopic (exact) mass is 580 g/mol. The third-order valence-electron chi connectivity index (χ3n) is 2.39. The summed E-state index contributed by atoms with van der Waals surface area (Å²) in [5, 5.41) is 0.136. The van der Waals surface area contributed by atoms with E-state index in [9.17, 15) is 8.42 Å². The lowest BCUT2D eigenvalue weighted by atomic mass is 10.3. The number of benzene rings is 2. The third-order valence-corrected chi connectivity index (χ3v) is 8.95. The Morgan fingerprint density at radius 1 is 0.857 bits per heavy atom. The van der Waals surface area contributed by atoms with Crippen LogP contribution in [0.25, 0.3) is 0 Å². The van der Waals surface area contributed by atoms with E-state index >= 15 is 0 Å². The highest BCUT2D eigenvalue weighted by atomic mass is 79.9. The van der Waals surface area contributed by atoms with Crippen LogP contribution in [0, 0.1) is 0 Å². The van der Waals surface area contributed by atoms with Crippen LogP contribution in [0.1, 0.15) is 0 Å². The topological polar surface area (TPSA) is 43.4 Å². The molecule has 0 aromatic heterocycles. The second-order valence-corrected chi connectivity index (χ2v) is 8.85. The van der Waals surface area contributed by atoms with Crippen LogP contribution in [0.2, 0.25) is 5.02 Å². The van der Waals surface area contributed by atoms with Gasteiger partial charge >= 0.3 is 10.1 Å². The molecule has 0 aliphatic heterocycles. The molecule has 3 nitrogen and oxygen atoms in total. The van der Waals surface area contributed by atoms with Crippen LogP contribution >= 0.6 is 75.3 Å². The summed E-state index contributed by atoms with van der Waals surface area (Å²) in [4.78, 5) is 0.0446. The molecule has 0 saturated carbocycles. The highest BCUT2D eigenvalue weighted by molar-refractivity contribution is 9.15. The van der Waals surface area contributed by atoms with Gasteiger partial charge in [0.1, 0.15) is 9.92 Å². The standard InChI is InChI=1S/C12H5Br4ClO3S/c13-7-8(14)10(16)12(11(17)9(7)15)20-21(18,19)6-4-2-1-3-5-6/h1-5H. The molecule has 2 aromatic carbocycles. The van der Waals surface area contributed by atoms with Gasteiger partial charge in [0.05, 0.1) is 13.4 Å². The van der Waals surface area contributed by atoms with Gasteiger partial charge in [0.2, 0.25) is 0 Å². The molecule has 0 bridgehead atoms. The molecule has 0 radical (unpaired) electrons. The van der Waals surface area contributed by atoms with E-state index < -0.39 is 10.1 Å². The van der Waals surface area contributed by atoms with Crippen molar-refractivity contribution in [2.24, 2.45) is 0 Å². The molecule has 112 valence electrons. The number of hydrogen-bond donors (Lipinski definition) is 0. The first kappa shape index (κ1) is 17.7. The normalized spacial score (nSPS) is 11.5. The molecule has 0 saturated heterocycles. The predicted molar refractivity (Wildman–Crippen MR) is 96.5 cm³/mol. The summed E-state index contributed by atoms with van der Waals surface area (Å²) in [5.41, 5.74) is 0. The minimum absolute atomic E-state index is 0.00229. The maximum atomic E-state index is 12.3. The zero-order valence-corrected chi connectivity index (χ0v) is 17.8. The van der Waals surface area contributed by atoms with Crippen molar-refractivity contribution in [3.63, 3.8) is 0 Å². The molecule has 9 heteroatoms. The lowest BCUT2D eigenvalue weighted by molar-refractivity contribution is 0.484. The second kappa shape index (κ2) is 6.88. The van der Waals surface area contributed by atoms with E-state index in [1.54, 1.807) is 18.2 Å². The van der Waals surface area contributed by atoms with Crippen molar-refractivity contribution in [2.45, 2.75) is 4.90 Å². The van der Waals surface area contributed by atoms with Gasteiger partial charge in [-0.15, -0.1) is 0 Å². The van der Waals surface area contributed by atoms with Gasteiger partial charge in [0.15, 0.2) is 5.75 Å². The lowest BCUT2D eigenvalue weighted by Gasteiger charge is -2.14. The Balaban J connectivity index is 2.55. The summed E-state index contributed by atoms with van der Waals surface area (Å²) < 4.78 is 31.8. The minimum Gasteiger partial charge on any atom is -0.376 e. The van der Waals surface area contributed by atoms with Gasteiger partial charge in [-0.1, -0.05) is 29.8 Å². The fourth-order valence-corrected chi connectivity index (χ4v) is 5.15. The smallest absolute Gasteiger partial charge is 0.339 e. The summed E-state index contributed by atoms with van der Waals surface area (Å²) in [5.74, 6) is 0.00229. The van der Waals surface area contributed by atoms with E-state index in [4.69, 9.17) is 15.8 Å². The van der Waals surface area contributed by atoms with Crippen LogP contribution in [0.15, 0.2) is 53.1 Å². The first-order valence-electron chi connectivity index (χ1n) is 5.26. The lowest BCUT2D eigenvalue weighted by Crippen LogP contribution is -2.10. The van der Waals surface area contributed by atoms with Crippen molar-refractivity contribution in [2.75, 3.05) is 0 Å². The van der Waals surface area contributed by atoms with E-state index in [-0.39, 0.29) is 15.7 Å². The minimum atomic E-state index is -3.98. The van der Waals surface area contributed by atoms with Gasteiger partial charge in [-0.05, 0) is 75.9 Å². The van der Waals surface area contributed by atoms with E-state index in [1.165, 1.54) is 12.1 Å². The Bertz CT molecular complexity index is 765. The van der Waals surface area contributed by atoms with Crippen molar-refractivity contribution in [1.29, 1.82) is 0 Å². The third kappa shape index (κ3) is 3.67. The predicted octanol–water partition coefficient (Wildman–Crippen LogP) is 6.16. The average molecular weight is 584 g/mol. The van der Waals surface area contributed by atoms with Crippen LogP contribution in [-0.4, -0.2) is 8.42 Å². The Morgan fingerprint density at radius 2 is 1.38 bits per heavy atom. The van der Waals surface area contributed by atoms with Crippen molar-refractivity contribution >= 4 is 85.4 Å². The zero-order chi connectivity index (χ0) is 15.8. The van der Waals surface area contributed by atoms with Crippen molar-refractivity contribution < 1.29 is 12.6 Å². The number of halogens is 5. The zero-order valence-electron chi connectivity index (χ0n) is 9.91. The fourth-order valence-electron chi connectivity index (χ4n) is 1.40. The molecule has 0 spiro atoms.